The van der Waals surface area contributed by atoms with Gasteiger partial charge in [0.15, 0.2) is 0 Å². The zero-order chi connectivity index (χ0) is 5.11. The summed E-state index contributed by atoms with van der Waals surface area (Å²) in [5.74, 6) is 0. The lowest BCUT2D eigenvalue weighted by molar-refractivity contribution is -0.276. The molecule has 1 atom stereocenters. The third kappa shape index (κ3) is 1.12. The van der Waals surface area contributed by atoms with Crippen LogP contribution in [0.2, 0.25) is 0 Å². The van der Waals surface area contributed by atoms with Crippen LogP contribution in [0.3, 0.4) is 0 Å². The van der Waals surface area contributed by atoms with Crippen LogP contribution in [0.15, 0.2) is 0 Å². The Morgan fingerprint density at radius 1 is 1.71 bits per heavy atom. The molecule has 0 bridgehead atoms. The van der Waals surface area contributed by atoms with Gasteiger partial charge in [-0.2, -0.15) is 0 Å². The average molecular weight is 104 g/mol. The highest BCUT2D eigenvalue weighted by Crippen LogP contribution is 2.05. The zero-order valence-corrected chi connectivity index (χ0v) is 3.96. The first-order valence-corrected chi connectivity index (χ1v) is 2.31. The van der Waals surface area contributed by atoms with E-state index in [4.69, 9.17) is 9.99 Å². The molecule has 1 aliphatic rings. The van der Waals surface area contributed by atoms with Gasteiger partial charge in [0.2, 0.25) is 0 Å². The first-order chi connectivity index (χ1) is 3.43. The van der Waals surface area contributed by atoms with Crippen molar-refractivity contribution in [3.63, 3.8) is 0 Å². The predicted octanol–water partition coefficient (Wildman–Crippen LogP) is 0.265. The van der Waals surface area contributed by atoms with Crippen molar-refractivity contribution in [2.45, 2.75) is 12.5 Å². The largest absolute Gasteiger partial charge is 0.379 e. The van der Waals surface area contributed by atoms with Crippen molar-refractivity contribution in [3.8, 4) is 0 Å². The van der Waals surface area contributed by atoms with Crippen molar-refractivity contribution in [1.82, 2.24) is 0 Å². The van der Waals surface area contributed by atoms with Crippen molar-refractivity contribution < 1.29 is 14.9 Å². The smallest absolute Gasteiger partial charge is 0.118 e. The Morgan fingerprint density at radius 3 is 2.86 bits per heavy atom. The minimum Gasteiger partial charge on any atom is -0.379 e. The van der Waals surface area contributed by atoms with Gasteiger partial charge in [-0.1, -0.05) is 0 Å². The first kappa shape index (κ1) is 5.03. The van der Waals surface area contributed by atoms with E-state index in [-0.39, 0.29) is 6.10 Å². The van der Waals surface area contributed by atoms with Gasteiger partial charge in [0.05, 0.1) is 6.61 Å². The van der Waals surface area contributed by atoms with Crippen LogP contribution in [0.4, 0.5) is 0 Å². The fourth-order valence-corrected chi connectivity index (χ4v) is 0.596. The molecule has 1 fully saturated rings. The molecule has 1 heterocycles. The van der Waals surface area contributed by atoms with Gasteiger partial charge in [0.25, 0.3) is 0 Å². The zero-order valence-electron chi connectivity index (χ0n) is 3.96. The second-order valence-electron chi connectivity index (χ2n) is 1.59. The number of hydrogen-bond donors (Lipinski definition) is 1. The molecule has 0 aromatic heterocycles. The summed E-state index contributed by atoms with van der Waals surface area (Å²) in [5, 5.41) is 7.99. The van der Waals surface area contributed by atoms with Crippen LogP contribution in [0.1, 0.15) is 6.42 Å². The molecule has 3 nitrogen and oxygen atoms in total. The van der Waals surface area contributed by atoms with Gasteiger partial charge in [-0.05, 0) is 0 Å². The molecule has 1 saturated heterocycles. The maximum atomic E-state index is 7.99. The van der Waals surface area contributed by atoms with E-state index in [2.05, 4.69) is 4.89 Å². The summed E-state index contributed by atoms with van der Waals surface area (Å²) in [6, 6.07) is 0. The van der Waals surface area contributed by atoms with E-state index in [0.29, 0.717) is 13.2 Å². The van der Waals surface area contributed by atoms with Gasteiger partial charge in [-0.15, -0.1) is 0 Å². The van der Waals surface area contributed by atoms with E-state index in [0.717, 1.165) is 6.42 Å². The first-order valence-electron chi connectivity index (χ1n) is 2.31. The Bertz CT molecular complexity index is 48.9. The SMILES string of the molecule is OOC1CCOC1. The summed E-state index contributed by atoms with van der Waals surface area (Å²) in [6.07, 6.45) is 0.747. The summed E-state index contributed by atoms with van der Waals surface area (Å²) in [4.78, 5) is 3.99. The van der Waals surface area contributed by atoms with Gasteiger partial charge in [-0.3, -0.25) is 5.26 Å². The highest BCUT2D eigenvalue weighted by Gasteiger charge is 2.14. The van der Waals surface area contributed by atoms with Crippen LogP contribution in [-0.4, -0.2) is 24.6 Å². The van der Waals surface area contributed by atoms with E-state index >= 15 is 0 Å². The second-order valence-corrected chi connectivity index (χ2v) is 1.59. The molecular weight excluding hydrogens is 96.0 g/mol. The standard InChI is InChI=1S/C4H8O3/c5-7-4-1-2-6-3-4/h4-5H,1-3H2. The Kier molecular flexibility index (Phi) is 1.62. The fraction of sp³-hybridized carbons (Fsp3) is 1.00. The van der Waals surface area contributed by atoms with Crippen molar-refractivity contribution in [2.24, 2.45) is 0 Å². The molecule has 1 aliphatic heterocycles. The van der Waals surface area contributed by atoms with Gasteiger partial charge in [0.1, 0.15) is 6.10 Å². The molecule has 0 amide bonds. The molecule has 0 radical (unpaired) electrons. The molecule has 0 aliphatic carbocycles. The molecular formula is C4H8O3. The van der Waals surface area contributed by atoms with Crippen molar-refractivity contribution >= 4 is 0 Å². The normalized spacial score (nSPS) is 31.3. The van der Waals surface area contributed by atoms with Crippen LogP contribution in [0, 0.1) is 0 Å². The van der Waals surface area contributed by atoms with E-state index in [1.165, 1.54) is 0 Å². The molecule has 7 heavy (non-hydrogen) atoms. The Morgan fingerprint density at radius 2 is 2.57 bits per heavy atom. The van der Waals surface area contributed by atoms with E-state index in [1.807, 2.05) is 0 Å². The van der Waals surface area contributed by atoms with E-state index in [1.54, 1.807) is 0 Å². The molecule has 3 heteroatoms. The summed E-state index contributed by atoms with van der Waals surface area (Å²) in [5.41, 5.74) is 0. The topological polar surface area (TPSA) is 38.7 Å². The molecule has 1 unspecified atom stereocenters. The maximum Gasteiger partial charge on any atom is 0.118 e. The second kappa shape index (κ2) is 2.26. The Hall–Kier alpha value is -0.120. The highest BCUT2D eigenvalue weighted by molar-refractivity contribution is 4.59. The predicted molar refractivity (Wildman–Crippen MR) is 22.9 cm³/mol. The Balaban J connectivity index is 2.14. The third-order valence-electron chi connectivity index (χ3n) is 1.04. The summed E-state index contributed by atoms with van der Waals surface area (Å²) >= 11 is 0. The lowest BCUT2D eigenvalue weighted by Gasteiger charge is -1.97. The third-order valence-corrected chi connectivity index (χ3v) is 1.04. The summed E-state index contributed by atoms with van der Waals surface area (Å²) < 4.78 is 4.86. The summed E-state index contributed by atoms with van der Waals surface area (Å²) in [6.45, 7) is 1.25. The molecule has 1 rings (SSSR count). The molecule has 0 aromatic carbocycles. The highest BCUT2D eigenvalue weighted by atomic mass is 17.1. The number of rotatable bonds is 1. The van der Waals surface area contributed by atoms with Crippen molar-refractivity contribution in [3.05, 3.63) is 0 Å². The Labute approximate surface area is 41.8 Å². The van der Waals surface area contributed by atoms with Crippen molar-refractivity contribution in [1.29, 1.82) is 0 Å². The van der Waals surface area contributed by atoms with Gasteiger partial charge < -0.3 is 4.74 Å². The van der Waals surface area contributed by atoms with Crippen molar-refractivity contribution in [2.75, 3.05) is 13.2 Å². The molecule has 0 aromatic rings. The maximum absolute atomic E-state index is 7.99. The monoisotopic (exact) mass is 104 g/mol. The number of ether oxygens (including phenoxy) is 1. The lowest BCUT2D eigenvalue weighted by atomic mass is 10.3. The molecule has 42 valence electrons. The molecule has 0 spiro atoms. The van der Waals surface area contributed by atoms with Crippen LogP contribution >= 0.6 is 0 Å². The molecule has 0 saturated carbocycles. The minimum absolute atomic E-state index is 0.0694. The van der Waals surface area contributed by atoms with E-state index in [9.17, 15) is 0 Å². The average Bonchev–Trinajstić information content (AvgIpc) is 2.14. The van der Waals surface area contributed by atoms with Crippen LogP contribution < -0.4 is 0 Å². The van der Waals surface area contributed by atoms with Crippen LogP contribution in [0.25, 0.3) is 0 Å². The van der Waals surface area contributed by atoms with Crippen LogP contribution in [-0.2, 0) is 9.62 Å². The van der Waals surface area contributed by atoms with E-state index < -0.39 is 0 Å². The van der Waals surface area contributed by atoms with Gasteiger partial charge >= 0.3 is 0 Å². The fourth-order valence-electron chi connectivity index (χ4n) is 0.596. The molecule has 1 N–H and O–H groups in total. The number of hydrogen-bond acceptors (Lipinski definition) is 3. The van der Waals surface area contributed by atoms with Gasteiger partial charge in [-0.25, -0.2) is 4.89 Å². The van der Waals surface area contributed by atoms with Crippen LogP contribution in [0.5, 0.6) is 0 Å². The van der Waals surface area contributed by atoms with Gasteiger partial charge in [0, 0.05) is 13.0 Å². The minimum atomic E-state index is -0.0694. The summed E-state index contributed by atoms with van der Waals surface area (Å²) in [7, 11) is 0. The lowest BCUT2D eigenvalue weighted by Crippen LogP contribution is -2.08. The quantitative estimate of drug-likeness (QED) is 0.383.